The molecule has 1 aliphatic carbocycles. The van der Waals surface area contributed by atoms with E-state index in [-0.39, 0.29) is 23.3 Å². The Bertz CT molecular complexity index is 479. The molecular weight excluding hydrogens is 256 g/mol. The molecule has 1 amide bonds. The van der Waals surface area contributed by atoms with Crippen LogP contribution in [0.1, 0.15) is 13.3 Å². The van der Waals surface area contributed by atoms with Gasteiger partial charge in [-0.25, -0.2) is 0 Å². The van der Waals surface area contributed by atoms with E-state index in [1.807, 2.05) is 6.92 Å². The Kier molecular flexibility index (Phi) is 3.87. The predicted molar refractivity (Wildman–Crippen MR) is 65.5 cm³/mol. The van der Waals surface area contributed by atoms with E-state index in [1.54, 1.807) is 6.07 Å². The Morgan fingerprint density at radius 3 is 2.63 bits per heavy atom. The maximum absolute atomic E-state index is 12.3. The summed E-state index contributed by atoms with van der Waals surface area (Å²) in [5.41, 5.74) is 0.417. The summed E-state index contributed by atoms with van der Waals surface area (Å²) in [5.74, 6) is 0.398. The van der Waals surface area contributed by atoms with Crippen LogP contribution in [0, 0.1) is 11.8 Å². The minimum absolute atomic E-state index is 0.0153. The normalized spacial score (nSPS) is 21.1. The van der Waals surface area contributed by atoms with Gasteiger partial charge < -0.3 is 14.8 Å². The molecule has 0 bridgehead atoms. The molecule has 0 unspecified atom stereocenters. The van der Waals surface area contributed by atoms with E-state index in [4.69, 9.17) is 4.74 Å². The topological polar surface area (TPSA) is 47.6 Å². The molecule has 6 heteroatoms. The van der Waals surface area contributed by atoms with Gasteiger partial charge in [-0.05, 0) is 24.5 Å². The van der Waals surface area contributed by atoms with Crippen LogP contribution in [0.25, 0.3) is 0 Å². The van der Waals surface area contributed by atoms with E-state index in [2.05, 4.69) is 10.1 Å². The third-order valence-electron chi connectivity index (χ3n) is 3.09. The molecule has 1 N–H and O–H groups in total. The van der Waals surface area contributed by atoms with Gasteiger partial charge in [-0.3, -0.25) is 4.79 Å². The molecule has 0 radical (unpaired) electrons. The van der Waals surface area contributed by atoms with Gasteiger partial charge in [-0.2, -0.15) is 8.78 Å². The minimum atomic E-state index is -2.94. The highest BCUT2D eigenvalue weighted by atomic mass is 19.3. The zero-order valence-electron chi connectivity index (χ0n) is 10.7. The number of anilines is 1. The number of rotatable bonds is 5. The molecule has 1 aromatic carbocycles. The van der Waals surface area contributed by atoms with Crippen molar-refractivity contribution < 1.29 is 23.0 Å². The predicted octanol–water partition coefficient (Wildman–Crippen LogP) is 2.89. The van der Waals surface area contributed by atoms with Crippen molar-refractivity contribution in [3.63, 3.8) is 0 Å². The monoisotopic (exact) mass is 271 g/mol. The molecule has 0 aliphatic heterocycles. The Morgan fingerprint density at radius 2 is 2.11 bits per heavy atom. The average molecular weight is 271 g/mol. The number of hydrogen-bond donors (Lipinski definition) is 1. The zero-order valence-corrected chi connectivity index (χ0v) is 10.7. The first-order valence-electron chi connectivity index (χ1n) is 5.95. The summed E-state index contributed by atoms with van der Waals surface area (Å²) < 4.78 is 33.8. The van der Waals surface area contributed by atoms with E-state index in [9.17, 15) is 13.6 Å². The first-order valence-corrected chi connectivity index (χ1v) is 5.95. The fraction of sp³-hybridized carbons (Fsp3) is 0.462. The van der Waals surface area contributed by atoms with Crippen molar-refractivity contribution in [1.82, 2.24) is 0 Å². The van der Waals surface area contributed by atoms with E-state index in [1.165, 1.54) is 19.2 Å². The number of carbonyl (C=O) groups is 1. The molecule has 0 aromatic heterocycles. The van der Waals surface area contributed by atoms with Gasteiger partial charge >= 0.3 is 6.61 Å². The van der Waals surface area contributed by atoms with Crippen molar-refractivity contribution in [3.8, 4) is 11.5 Å². The Hall–Kier alpha value is -1.85. The molecule has 2 atom stereocenters. The van der Waals surface area contributed by atoms with Crippen LogP contribution in [0.2, 0.25) is 0 Å². The molecule has 0 heterocycles. The second kappa shape index (κ2) is 5.42. The van der Waals surface area contributed by atoms with E-state index in [0.717, 1.165) is 6.42 Å². The molecule has 1 aliphatic rings. The third kappa shape index (κ3) is 3.33. The molecule has 19 heavy (non-hydrogen) atoms. The number of methoxy groups -OCH3 is 1. The number of amides is 1. The van der Waals surface area contributed by atoms with Gasteiger partial charge in [-0.15, -0.1) is 0 Å². The summed E-state index contributed by atoms with van der Waals surface area (Å²) in [6, 6.07) is 4.39. The second-order valence-corrected chi connectivity index (χ2v) is 4.55. The molecular formula is C13H15F2NO3. The number of ether oxygens (including phenoxy) is 2. The summed E-state index contributed by atoms with van der Waals surface area (Å²) >= 11 is 0. The van der Waals surface area contributed by atoms with Gasteiger partial charge in [0.1, 0.15) is 0 Å². The van der Waals surface area contributed by atoms with Crippen LogP contribution < -0.4 is 14.8 Å². The molecule has 4 nitrogen and oxygen atoms in total. The summed E-state index contributed by atoms with van der Waals surface area (Å²) in [5, 5.41) is 2.68. The maximum Gasteiger partial charge on any atom is 0.387 e. The fourth-order valence-corrected chi connectivity index (χ4v) is 1.86. The van der Waals surface area contributed by atoms with Crippen LogP contribution in [-0.2, 0) is 4.79 Å². The maximum atomic E-state index is 12.3. The van der Waals surface area contributed by atoms with Crippen LogP contribution in [-0.4, -0.2) is 19.6 Å². The number of alkyl halides is 2. The van der Waals surface area contributed by atoms with Crippen molar-refractivity contribution in [1.29, 1.82) is 0 Å². The number of hydrogen-bond acceptors (Lipinski definition) is 3. The largest absolute Gasteiger partial charge is 0.493 e. The Balaban J connectivity index is 2.10. The molecule has 0 saturated heterocycles. The zero-order chi connectivity index (χ0) is 14.0. The molecule has 0 spiro atoms. The van der Waals surface area contributed by atoms with Crippen LogP contribution in [0.15, 0.2) is 18.2 Å². The summed E-state index contributed by atoms with van der Waals surface area (Å²) in [6.45, 7) is -0.952. The molecule has 104 valence electrons. The Morgan fingerprint density at radius 1 is 1.42 bits per heavy atom. The molecule has 2 rings (SSSR count). The van der Waals surface area contributed by atoms with Gasteiger partial charge in [0.25, 0.3) is 0 Å². The SMILES string of the molecule is COc1ccc(NC(=O)[C@@H]2C[C@H]2C)cc1OC(F)F. The highest BCUT2D eigenvalue weighted by molar-refractivity contribution is 5.94. The summed E-state index contributed by atoms with van der Waals surface area (Å²) in [7, 11) is 1.36. The lowest BCUT2D eigenvalue weighted by molar-refractivity contribution is -0.117. The average Bonchev–Trinajstić information content (AvgIpc) is 3.06. The highest BCUT2D eigenvalue weighted by Crippen LogP contribution is 2.39. The van der Waals surface area contributed by atoms with Crippen molar-refractivity contribution in [2.75, 3.05) is 12.4 Å². The first kappa shape index (κ1) is 13.6. The fourth-order valence-electron chi connectivity index (χ4n) is 1.86. The number of carbonyl (C=O) groups excluding carboxylic acids is 1. The first-order chi connectivity index (χ1) is 9.01. The molecule has 1 aromatic rings. The second-order valence-electron chi connectivity index (χ2n) is 4.55. The molecule has 1 saturated carbocycles. The smallest absolute Gasteiger partial charge is 0.387 e. The van der Waals surface area contributed by atoms with Crippen molar-refractivity contribution in [2.24, 2.45) is 11.8 Å². The summed E-state index contributed by atoms with van der Waals surface area (Å²) in [4.78, 5) is 11.7. The van der Waals surface area contributed by atoms with Crippen LogP contribution >= 0.6 is 0 Å². The lowest BCUT2D eigenvalue weighted by atomic mass is 10.2. The Labute approximate surface area is 109 Å². The van der Waals surface area contributed by atoms with Gasteiger partial charge in [0.15, 0.2) is 11.5 Å². The van der Waals surface area contributed by atoms with Gasteiger partial charge in [0.05, 0.1) is 7.11 Å². The van der Waals surface area contributed by atoms with Gasteiger partial charge in [0.2, 0.25) is 5.91 Å². The van der Waals surface area contributed by atoms with E-state index >= 15 is 0 Å². The number of nitrogens with one attached hydrogen (secondary N) is 1. The van der Waals surface area contributed by atoms with Gasteiger partial charge in [0, 0.05) is 17.7 Å². The molecule has 1 fully saturated rings. The van der Waals surface area contributed by atoms with Crippen molar-refractivity contribution in [3.05, 3.63) is 18.2 Å². The van der Waals surface area contributed by atoms with Crippen molar-refractivity contribution in [2.45, 2.75) is 20.0 Å². The standard InChI is InChI=1S/C13H15F2NO3/c1-7-5-9(7)12(17)16-8-3-4-10(18-2)11(6-8)19-13(14)15/h3-4,6-7,9,13H,5H2,1-2H3,(H,16,17)/t7-,9-/m1/s1. The van der Waals surface area contributed by atoms with E-state index < -0.39 is 6.61 Å². The third-order valence-corrected chi connectivity index (χ3v) is 3.09. The number of benzene rings is 1. The van der Waals surface area contributed by atoms with Crippen LogP contribution in [0.5, 0.6) is 11.5 Å². The van der Waals surface area contributed by atoms with Gasteiger partial charge in [-0.1, -0.05) is 6.92 Å². The lowest BCUT2D eigenvalue weighted by Gasteiger charge is -2.12. The lowest BCUT2D eigenvalue weighted by Crippen LogP contribution is -2.14. The minimum Gasteiger partial charge on any atom is -0.493 e. The van der Waals surface area contributed by atoms with Crippen LogP contribution in [0.3, 0.4) is 0 Å². The van der Waals surface area contributed by atoms with Crippen LogP contribution in [0.4, 0.5) is 14.5 Å². The number of halogens is 2. The quantitative estimate of drug-likeness (QED) is 0.895. The highest BCUT2D eigenvalue weighted by Gasteiger charge is 2.39. The van der Waals surface area contributed by atoms with E-state index in [0.29, 0.717) is 11.6 Å². The van der Waals surface area contributed by atoms with Crippen molar-refractivity contribution >= 4 is 11.6 Å². The summed E-state index contributed by atoms with van der Waals surface area (Å²) in [6.07, 6.45) is 0.863.